The SMILES string of the molecule is [C-]#[N+]c1cc2[nH]nc(-c3ccc4c(c3)OCC3CN(C)CCN43)c2cc1-c1c(F)cccc1F. The van der Waals surface area contributed by atoms with E-state index in [-0.39, 0.29) is 16.8 Å². The van der Waals surface area contributed by atoms with E-state index in [1.54, 1.807) is 12.1 Å². The lowest BCUT2D eigenvalue weighted by Crippen LogP contribution is -2.56. The molecule has 0 saturated carbocycles. The van der Waals surface area contributed by atoms with Crippen molar-refractivity contribution in [2.45, 2.75) is 6.04 Å². The Balaban J connectivity index is 1.46. The Kier molecular flexibility index (Phi) is 4.74. The Morgan fingerprint density at radius 1 is 1.12 bits per heavy atom. The lowest BCUT2D eigenvalue weighted by atomic mass is 9.98. The highest BCUT2D eigenvalue weighted by molar-refractivity contribution is 6.00. The normalized spacial score (nSPS) is 17.7. The number of nitrogens with zero attached hydrogens (tertiary/aromatic N) is 4. The number of nitrogens with one attached hydrogen (secondary N) is 1. The summed E-state index contributed by atoms with van der Waals surface area (Å²) in [5.41, 5.74) is 3.30. The minimum absolute atomic E-state index is 0.154. The van der Waals surface area contributed by atoms with Crippen LogP contribution < -0.4 is 9.64 Å². The molecule has 0 bridgehead atoms. The summed E-state index contributed by atoms with van der Waals surface area (Å²) in [5.74, 6) is -0.621. The molecule has 34 heavy (non-hydrogen) atoms. The van der Waals surface area contributed by atoms with Crippen molar-refractivity contribution < 1.29 is 13.5 Å². The second-order valence-electron chi connectivity index (χ2n) is 8.80. The van der Waals surface area contributed by atoms with Gasteiger partial charge in [0.05, 0.1) is 29.5 Å². The van der Waals surface area contributed by atoms with E-state index in [1.165, 1.54) is 18.2 Å². The zero-order valence-corrected chi connectivity index (χ0v) is 18.5. The van der Waals surface area contributed by atoms with E-state index in [0.717, 1.165) is 36.6 Å². The summed E-state index contributed by atoms with van der Waals surface area (Å²) in [6, 6.07) is 13.3. The number of rotatable bonds is 2. The number of likely N-dealkylation sites (N-methyl/N-ethyl adjacent to an activating group) is 1. The Morgan fingerprint density at radius 3 is 2.74 bits per heavy atom. The van der Waals surface area contributed by atoms with Gasteiger partial charge in [-0.2, -0.15) is 5.10 Å². The predicted molar refractivity (Wildman–Crippen MR) is 127 cm³/mol. The fourth-order valence-electron chi connectivity index (χ4n) is 4.99. The Bertz CT molecular complexity index is 1450. The lowest BCUT2D eigenvalue weighted by molar-refractivity contribution is 0.188. The number of anilines is 1. The molecule has 2 aliphatic heterocycles. The van der Waals surface area contributed by atoms with Crippen LogP contribution in [-0.4, -0.2) is 54.4 Å². The number of hydrogen-bond acceptors (Lipinski definition) is 4. The largest absolute Gasteiger partial charge is 0.489 e. The molecule has 8 heteroatoms. The third kappa shape index (κ3) is 3.20. The smallest absolute Gasteiger partial charge is 0.197 e. The summed E-state index contributed by atoms with van der Waals surface area (Å²) in [7, 11) is 2.12. The number of ether oxygens (including phenoxy) is 1. The summed E-state index contributed by atoms with van der Waals surface area (Å²) in [6.07, 6.45) is 0. The van der Waals surface area contributed by atoms with Crippen molar-refractivity contribution in [3.05, 3.63) is 71.6 Å². The first kappa shape index (κ1) is 20.6. The van der Waals surface area contributed by atoms with Crippen LogP contribution in [0.4, 0.5) is 20.2 Å². The number of fused-ring (bicyclic) bond motifs is 4. The van der Waals surface area contributed by atoms with Crippen LogP contribution in [0.3, 0.4) is 0 Å². The summed E-state index contributed by atoms with van der Waals surface area (Å²) in [6.45, 7) is 11.1. The van der Waals surface area contributed by atoms with E-state index in [2.05, 4.69) is 31.9 Å². The molecule has 3 heterocycles. The van der Waals surface area contributed by atoms with Crippen molar-refractivity contribution >= 4 is 22.3 Å². The van der Waals surface area contributed by atoms with Crippen molar-refractivity contribution in [2.75, 3.05) is 38.2 Å². The molecule has 6 rings (SSSR count). The van der Waals surface area contributed by atoms with E-state index >= 15 is 0 Å². The minimum atomic E-state index is -0.710. The zero-order valence-electron chi connectivity index (χ0n) is 18.5. The highest BCUT2D eigenvalue weighted by Gasteiger charge is 2.32. The van der Waals surface area contributed by atoms with E-state index < -0.39 is 11.6 Å². The molecule has 1 unspecified atom stereocenters. The number of piperazine rings is 1. The van der Waals surface area contributed by atoms with Crippen molar-refractivity contribution in [3.63, 3.8) is 0 Å². The zero-order chi connectivity index (χ0) is 23.4. The first-order chi connectivity index (χ1) is 16.5. The Labute approximate surface area is 195 Å². The summed E-state index contributed by atoms with van der Waals surface area (Å²) in [4.78, 5) is 8.21. The number of aromatic nitrogens is 2. The average molecular weight is 457 g/mol. The van der Waals surface area contributed by atoms with Gasteiger partial charge < -0.3 is 14.5 Å². The van der Waals surface area contributed by atoms with Gasteiger partial charge in [-0.05, 0) is 42.9 Å². The number of aromatic amines is 1. The molecule has 170 valence electrons. The third-order valence-corrected chi connectivity index (χ3v) is 6.69. The van der Waals surface area contributed by atoms with Crippen LogP contribution in [0.2, 0.25) is 0 Å². The van der Waals surface area contributed by atoms with Gasteiger partial charge >= 0.3 is 0 Å². The van der Waals surface area contributed by atoms with Gasteiger partial charge in [-0.3, -0.25) is 5.10 Å². The van der Waals surface area contributed by atoms with Gasteiger partial charge in [0, 0.05) is 36.1 Å². The van der Waals surface area contributed by atoms with Crippen LogP contribution in [0, 0.1) is 18.2 Å². The van der Waals surface area contributed by atoms with Gasteiger partial charge in [0.1, 0.15) is 24.0 Å². The average Bonchev–Trinajstić information content (AvgIpc) is 3.25. The summed E-state index contributed by atoms with van der Waals surface area (Å²) >= 11 is 0. The molecule has 4 aromatic rings. The highest BCUT2D eigenvalue weighted by Crippen LogP contribution is 2.42. The predicted octanol–water partition coefficient (Wildman–Crippen LogP) is 5.24. The fraction of sp³-hybridized carbons (Fsp3) is 0.231. The quantitative estimate of drug-likeness (QED) is 0.419. The second kappa shape index (κ2) is 7.82. The van der Waals surface area contributed by atoms with Crippen molar-refractivity contribution in [3.8, 4) is 28.1 Å². The highest BCUT2D eigenvalue weighted by atomic mass is 19.1. The van der Waals surface area contributed by atoms with Crippen molar-refractivity contribution in [1.82, 2.24) is 15.1 Å². The maximum atomic E-state index is 14.6. The van der Waals surface area contributed by atoms with E-state index in [9.17, 15) is 8.78 Å². The summed E-state index contributed by atoms with van der Waals surface area (Å²) < 4.78 is 35.2. The third-order valence-electron chi connectivity index (χ3n) is 6.69. The van der Waals surface area contributed by atoms with Gasteiger partial charge in [0.15, 0.2) is 5.69 Å². The minimum Gasteiger partial charge on any atom is -0.489 e. The number of benzene rings is 3. The van der Waals surface area contributed by atoms with E-state index in [1.807, 2.05) is 18.2 Å². The second-order valence-corrected chi connectivity index (χ2v) is 8.80. The van der Waals surface area contributed by atoms with Crippen LogP contribution in [0.5, 0.6) is 5.75 Å². The first-order valence-electron chi connectivity index (χ1n) is 11.1. The number of halogens is 2. The summed E-state index contributed by atoms with van der Waals surface area (Å²) in [5, 5.41) is 8.11. The molecule has 1 N–H and O–H groups in total. The molecule has 3 aromatic carbocycles. The lowest BCUT2D eigenvalue weighted by Gasteiger charge is -2.44. The molecule has 1 atom stereocenters. The molecule has 1 aromatic heterocycles. The number of hydrogen-bond donors (Lipinski definition) is 1. The van der Waals surface area contributed by atoms with Gasteiger partial charge in [0.2, 0.25) is 0 Å². The van der Waals surface area contributed by atoms with Crippen LogP contribution in [-0.2, 0) is 0 Å². The van der Waals surface area contributed by atoms with Gasteiger partial charge in [0.25, 0.3) is 0 Å². The van der Waals surface area contributed by atoms with E-state index in [4.69, 9.17) is 11.3 Å². The maximum absolute atomic E-state index is 14.6. The molecule has 1 fully saturated rings. The van der Waals surface area contributed by atoms with Crippen molar-refractivity contribution in [1.29, 1.82) is 0 Å². The molecule has 6 nitrogen and oxygen atoms in total. The van der Waals surface area contributed by atoms with Crippen LogP contribution in [0.15, 0.2) is 48.5 Å². The topological polar surface area (TPSA) is 48.8 Å². The molecule has 0 radical (unpaired) electrons. The van der Waals surface area contributed by atoms with Crippen molar-refractivity contribution in [2.24, 2.45) is 0 Å². The number of H-pyrrole nitrogens is 1. The maximum Gasteiger partial charge on any atom is 0.197 e. The standard InChI is InChI=1S/C26H21F2N5O/c1-29-21-12-22-18(11-17(21)25-19(27)4-3-5-20(25)28)26(31-30-22)15-6-7-23-24(10-15)34-14-16-13-32(2)8-9-33(16)23/h3-7,10-12,16H,8-9,13-14H2,2H3,(H,30,31). The van der Waals surface area contributed by atoms with Gasteiger partial charge in [-0.1, -0.05) is 18.2 Å². The van der Waals surface area contributed by atoms with Gasteiger partial charge in [-0.25, -0.2) is 13.6 Å². The monoisotopic (exact) mass is 457 g/mol. The Hall–Kier alpha value is -3.96. The van der Waals surface area contributed by atoms with Crippen LogP contribution >= 0.6 is 0 Å². The molecular weight excluding hydrogens is 436 g/mol. The van der Waals surface area contributed by atoms with Crippen LogP contribution in [0.1, 0.15) is 0 Å². The van der Waals surface area contributed by atoms with E-state index in [0.29, 0.717) is 29.2 Å². The first-order valence-corrected chi connectivity index (χ1v) is 11.1. The van der Waals surface area contributed by atoms with Crippen LogP contribution in [0.25, 0.3) is 38.1 Å². The van der Waals surface area contributed by atoms with Gasteiger partial charge in [-0.15, -0.1) is 0 Å². The molecule has 1 saturated heterocycles. The molecule has 0 amide bonds. The fourth-order valence-corrected chi connectivity index (χ4v) is 4.99. The molecule has 2 aliphatic rings. The molecule has 0 aliphatic carbocycles. The molecular formula is C26H21F2N5O. The Morgan fingerprint density at radius 2 is 1.94 bits per heavy atom. The molecule has 0 spiro atoms.